The lowest BCUT2D eigenvalue weighted by Crippen LogP contribution is -2.14. The van der Waals surface area contributed by atoms with Crippen LogP contribution in [0.4, 0.5) is 0 Å². The summed E-state index contributed by atoms with van der Waals surface area (Å²) in [4.78, 5) is 0. The Labute approximate surface area is 65.0 Å². The Balaban J connectivity index is 3.41. The zero-order chi connectivity index (χ0) is 7.98. The zero-order valence-electron chi connectivity index (χ0n) is 7.56. The normalized spacial score (nSPS) is 14.1. The maximum Gasteiger partial charge on any atom is -0.00514 e. The molecular formula is C9H21N. The first-order valence-corrected chi connectivity index (χ1v) is 4.44. The van der Waals surface area contributed by atoms with Gasteiger partial charge in [0.05, 0.1) is 0 Å². The first-order chi connectivity index (χ1) is 4.74. The summed E-state index contributed by atoms with van der Waals surface area (Å²) in [6.07, 6.45) is 3.92. The van der Waals surface area contributed by atoms with Crippen molar-refractivity contribution in [3.63, 3.8) is 0 Å². The van der Waals surface area contributed by atoms with Crippen molar-refractivity contribution >= 4 is 0 Å². The molecule has 1 nitrogen and oxygen atoms in total. The predicted molar refractivity (Wildman–Crippen MR) is 46.9 cm³/mol. The van der Waals surface area contributed by atoms with E-state index in [4.69, 9.17) is 5.73 Å². The highest BCUT2D eigenvalue weighted by Gasteiger charge is 2.07. The van der Waals surface area contributed by atoms with Crippen LogP contribution in [0.5, 0.6) is 0 Å². The molecule has 0 spiro atoms. The molecule has 0 aromatic heterocycles. The Hall–Kier alpha value is -0.0400. The van der Waals surface area contributed by atoms with Crippen molar-refractivity contribution in [1.29, 1.82) is 0 Å². The van der Waals surface area contributed by atoms with Gasteiger partial charge in [-0.15, -0.1) is 0 Å². The van der Waals surface area contributed by atoms with Crippen LogP contribution < -0.4 is 5.73 Å². The molecule has 62 valence electrons. The van der Waals surface area contributed by atoms with Gasteiger partial charge in [-0.3, -0.25) is 0 Å². The fourth-order valence-corrected chi connectivity index (χ4v) is 1.29. The van der Waals surface area contributed by atoms with Crippen LogP contribution in [0.25, 0.3) is 0 Å². The molecule has 0 bridgehead atoms. The van der Waals surface area contributed by atoms with E-state index in [1.807, 2.05) is 0 Å². The average Bonchev–Trinajstić information content (AvgIpc) is 1.99. The molecule has 0 saturated carbocycles. The lowest BCUT2D eigenvalue weighted by Gasteiger charge is -2.15. The van der Waals surface area contributed by atoms with E-state index in [2.05, 4.69) is 20.8 Å². The summed E-state index contributed by atoms with van der Waals surface area (Å²) in [5.41, 5.74) is 5.53. The molecule has 1 unspecified atom stereocenters. The summed E-state index contributed by atoms with van der Waals surface area (Å²) in [5, 5.41) is 0. The van der Waals surface area contributed by atoms with Gasteiger partial charge in [-0.2, -0.15) is 0 Å². The lowest BCUT2D eigenvalue weighted by atomic mass is 9.92. The largest absolute Gasteiger partial charge is 0.330 e. The molecule has 10 heavy (non-hydrogen) atoms. The molecule has 0 aromatic carbocycles. The maximum atomic E-state index is 5.53. The van der Waals surface area contributed by atoms with Gasteiger partial charge in [0.15, 0.2) is 0 Å². The first-order valence-electron chi connectivity index (χ1n) is 4.44. The second-order valence-corrected chi connectivity index (χ2v) is 3.26. The molecule has 0 aliphatic heterocycles. The van der Waals surface area contributed by atoms with Crippen molar-refractivity contribution in [3.05, 3.63) is 0 Å². The quantitative estimate of drug-likeness (QED) is 0.628. The molecule has 1 atom stereocenters. The minimum absolute atomic E-state index is 0.713. The second kappa shape index (κ2) is 5.72. The molecule has 0 heterocycles. The van der Waals surface area contributed by atoms with Crippen molar-refractivity contribution in [1.82, 2.24) is 0 Å². The highest BCUT2D eigenvalue weighted by Crippen LogP contribution is 2.17. The van der Waals surface area contributed by atoms with E-state index >= 15 is 0 Å². The molecular weight excluding hydrogens is 122 g/mol. The fourth-order valence-electron chi connectivity index (χ4n) is 1.29. The molecule has 2 N–H and O–H groups in total. The Kier molecular flexibility index (Phi) is 5.70. The number of hydrogen-bond acceptors (Lipinski definition) is 1. The second-order valence-electron chi connectivity index (χ2n) is 3.26. The van der Waals surface area contributed by atoms with E-state index in [0.29, 0.717) is 5.92 Å². The van der Waals surface area contributed by atoms with Gasteiger partial charge in [0.1, 0.15) is 0 Å². The van der Waals surface area contributed by atoms with Crippen molar-refractivity contribution in [2.45, 2.75) is 40.0 Å². The summed E-state index contributed by atoms with van der Waals surface area (Å²) >= 11 is 0. The van der Waals surface area contributed by atoms with Gasteiger partial charge in [-0.25, -0.2) is 0 Å². The van der Waals surface area contributed by atoms with E-state index in [0.717, 1.165) is 12.5 Å². The van der Waals surface area contributed by atoms with E-state index in [9.17, 15) is 0 Å². The van der Waals surface area contributed by atoms with Crippen LogP contribution in [-0.4, -0.2) is 6.54 Å². The van der Waals surface area contributed by atoms with Crippen molar-refractivity contribution < 1.29 is 0 Å². The van der Waals surface area contributed by atoms with Crippen LogP contribution in [0.2, 0.25) is 0 Å². The van der Waals surface area contributed by atoms with Gasteiger partial charge < -0.3 is 5.73 Å². The zero-order valence-corrected chi connectivity index (χ0v) is 7.56. The predicted octanol–water partition coefficient (Wildman–Crippen LogP) is 2.41. The molecule has 0 aromatic rings. The van der Waals surface area contributed by atoms with Gasteiger partial charge >= 0.3 is 0 Å². The SMILES string of the molecule is CCC(CC)CC(C)CN. The van der Waals surface area contributed by atoms with E-state index < -0.39 is 0 Å². The Morgan fingerprint density at radius 2 is 1.70 bits per heavy atom. The van der Waals surface area contributed by atoms with E-state index in [-0.39, 0.29) is 0 Å². The lowest BCUT2D eigenvalue weighted by molar-refractivity contribution is 0.376. The fraction of sp³-hybridized carbons (Fsp3) is 1.00. The molecule has 0 amide bonds. The van der Waals surface area contributed by atoms with Crippen LogP contribution in [-0.2, 0) is 0 Å². The molecule has 0 fully saturated rings. The van der Waals surface area contributed by atoms with Crippen LogP contribution in [0.1, 0.15) is 40.0 Å². The molecule has 0 radical (unpaired) electrons. The van der Waals surface area contributed by atoms with Crippen molar-refractivity contribution in [3.8, 4) is 0 Å². The molecule has 0 aliphatic rings. The molecule has 1 heteroatoms. The van der Waals surface area contributed by atoms with Crippen LogP contribution in [0.15, 0.2) is 0 Å². The smallest absolute Gasteiger partial charge is 0.00514 e. The van der Waals surface area contributed by atoms with Crippen LogP contribution >= 0.6 is 0 Å². The summed E-state index contributed by atoms with van der Waals surface area (Å²) < 4.78 is 0. The van der Waals surface area contributed by atoms with Gasteiger partial charge in [0.2, 0.25) is 0 Å². The highest BCUT2D eigenvalue weighted by molar-refractivity contribution is 4.60. The monoisotopic (exact) mass is 143 g/mol. The topological polar surface area (TPSA) is 26.0 Å². The maximum absolute atomic E-state index is 5.53. The van der Waals surface area contributed by atoms with Crippen LogP contribution in [0.3, 0.4) is 0 Å². The summed E-state index contributed by atoms with van der Waals surface area (Å²) in [7, 11) is 0. The van der Waals surface area contributed by atoms with Crippen molar-refractivity contribution in [2.75, 3.05) is 6.54 Å². The third kappa shape index (κ3) is 3.89. The van der Waals surface area contributed by atoms with E-state index in [1.165, 1.54) is 19.3 Å². The standard InChI is InChI=1S/C9H21N/c1-4-9(5-2)6-8(3)7-10/h8-9H,4-7,10H2,1-3H3. The Bertz CT molecular complexity index is 67.1. The van der Waals surface area contributed by atoms with Gasteiger partial charge in [-0.05, 0) is 24.8 Å². The number of hydrogen-bond donors (Lipinski definition) is 1. The van der Waals surface area contributed by atoms with E-state index in [1.54, 1.807) is 0 Å². The Morgan fingerprint density at radius 1 is 1.20 bits per heavy atom. The summed E-state index contributed by atoms with van der Waals surface area (Å²) in [6, 6.07) is 0. The third-order valence-corrected chi connectivity index (χ3v) is 2.29. The number of rotatable bonds is 5. The number of nitrogens with two attached hydrogens (primary N) is 1. The molecule has 0 rings (SSSR count). The van der Waals surface area contributed by atoms with Gasteiger partial charge in [0.25, 0.3) is 0 Å². The molecule has 0 saturated heterocycles. The average molecular weight is 143 g/mol. The Morgan fingerprint density at radius 3 is 2.00 bits per heavy atom. The minimum atomic E-state index is 0.713. The van der Waals surface area contributed by atoms with Crippen molar-refractivity contribution in [2.24, 2.45) is 17.6 Å². The summed E-state index contributed by atoms with van der Waals surface area (Å²) in [5.74, 6) is 1.61. The third-order valence-electron chi connectivity index (χ3n) is 2.29. The highest BCUT2D eigenvalue weighted by atomic mass is 14.5. The van der Waals surface area contributed by atoms with Crippen LogP contribution in [0, 0.1) is 11.8 Å². The molecule has 0 aliphatic carbocycles. The van der Waals surface area contributed by atoms with Gasteiger partial charge in [0, 0.05) is 0 Å². The first kappa shape index (κ1) is 9.96. The summed E-state index contributed by atoms with van der Waals surface area (Å²) in [6.45, 7) is 7.60. The van der Waals surface area contributed by atoms with Gasteiger partial charge in [-0.1, -0.05) is 33.6 Å². The minimum Gasteiger partial charge on any atom is -0.330 e.